The standard InChI is InChI=1S/C18H16F4N2/c1-2-3-4-12-5-6-14(15(19)7-12)11-24-23-10-13-8-16(20)18(22)17(21)9-13/h5-11H,2-4H2,1H3/b23-10+,24-11+. The number of hydrogen-bond donors (Lipinski definition) is 0. The number of benzene rings is 2. The van der Waals surface area contributed by atoms with E-state index >= 15 is 0 Å². The molecule has 0 aliphatic carbocycles. The second-order valence-corrected chi connectivity index (χ2v) is 5.25. The van der Waals surface area contributed by atoms with Crippen molar-refractivity contribution in [2.45, 2.75) is 26.2 Å². The number of rotatable bonds is 6. The van der Waals surface area contributed by atoms with Gasteiger partial charge in [0.15, 0.2) is 17.5 Å². The molecule has 0 fully saturated rings. The molecule has 0 saturated carbocycles. The van der Waals surface area contributed by atoms with Gasteiger partial charge in [0, 0.05) is 11.1 Å². The van der Waals surface area contributed by atoms with Crippen LogP contribution in [0.4, 0.5) is 17.6 Å². The van der Waals surface area contributed by atoms with E-state index in [9.17, 15) is 17.6 Å². The highest BCUT2D eigenvalue weighted by Crippen LogP contribution is 2.13. The van der Waals surface area contributed by atoms with Crippen molar-refractivity contribution in [1.29, 1.82) is 0 Å². The minimum Gasteiger partial charge on any atom is -0.206 e. The van der Waals surface area contributed by atoms with Crippen molar-refractivity contribution < 1.29 is 17.6 Å². The fraction of sp³-hybridized carbons (Fsp3) is 0.222. The summed E-state index contributed by atoms with van der Waals surface area (Å²) >= 11 is 0. The molecule has 0 bridgehead atoms. The van der Waals surface area contributed by atoms with Gasteiger partial charge in [0.1, 0.15) is 5.82 Å². The maximum atomic E-state index is 13.9. The summed E-state index contributed by atoms with van der Waals surface area (Å²) in [5.41, 5.74) is 1.18. The van der Waals surface area contributed by atoms with Crippen molar-refractivity contribution in [3.05, 3.63) is 70.3 Å². The molecule has 0 amide bonds. The van der Waals surface area contributed by atoms with Crippen LogP contribution in [-0.4, -0.2) is 12.4 Å². The molecule has 0 spiro atoms. The van der Waals surface area contributed by atoms with E-state index in [0.29, 0.717) is 0 Å². The highest BCUT2D eigenvalue weighted by Gasteiger charge is 2.09. The molecule has 0 unspecified atom stereocenters. The van der Waals surface area contributed by atoms with Gasteiger partial charge in [-0.1, -0.05) is 25.5 Å². The van der Waals surface area contributed by atoms with E-state index < -0.39 is 23.3 Å². The van der Waals surface area contributed by atoms with E-state index in [4.69, 9.17) is 0 Å². The van der Waals surface area contributed by atoms with Gasteiger partial charge in [-0.05, 0) is 36.6 Å². The van der Waals surface area contributed by atoms with Crippen molar-refractivity contribution in [1.82, 2.24) is 0 Å². The van der Waals surface area contributed by atoms with E-state index in [1.807, 2.05) is 6.07 Å². The molecule has 0 atom stereocenters. The van der Waals surface area contributed by atoms with Crippen LogP contribution in [-0.2, 0) is 6.42 Å². The van der Waals surface area contributed by atoms with Gasteiger partial charge in [0.2, 0.25) is 0 Å². The molecule has 2 aromatic rings. The lowest BCUT2D eigenvalue weighted by Crippen LogP contribution is -1.94. The Kier molecular flexibility index (Phi) is 6.23. The summed E-state index contributed by atoms with van der Waals surface area (Å²) in [6.07, 6.45) is 5.08. The summed E-state index contributed by atoms with van der Waals surface area (Å²) in [6.45, 7) is 2.06. The molecule has 2 rings (SSSR count). The Bertz CT molecular complexity index is 747. The van der Waals surface area contributed by atoms with Gasteiger partial charge in [-0.25, -0.2) is 17.6 Å². The van der Waals surface area contributed by atoms with Crippen molar-refractivity contribution in [2.75, 3.05) is 0 Å². The van der Waals surface area contributed by atoms with Crippen LogP contribution in [0.1, 0.15) is 36.5 Å². The summed E-state index contributed by atoms with van der Waals surface area (Å²) < 4.78 is 52.8. The van der Waals surface area contributed by atoms with Crippen LogP contribution in [0.5, 0.6) is 0 Å². The summed E-state index contributed by atoms with van der Waals surface area (Å²) in [5.74, 6) is -4.58. The Morgan fingerprint density at radius 1 is 0.875 bits per heavy atom. The lowest BCUT2D eigenvalue weighted by molar-refractivity contribution is 0.447. The zero-order valence-electron chi connectivity index (χ0n) is 13.1. The molecule has 0 radical (unpaired) electrons. The molecule has 6 heteroatoms. The number of halogens is 4. The number of unbranched alkanes of at least 4 members (excludes halogenated alkanes) is 1. The molecule has 2 aromatic carbocycles. The summed E-state index contributed by atoms with van der Waals surface area (Å²) in [7, 11) is 0. The van der Waals surface area contributed by atoms with Gasteiger partial charge >= 0.3 is 0 Å². The predicted octanol–water partition coefficient (Wildman–Crippen LogP) is 5.04. The maximum Gasteiger partial charge on any atom is 0.194 e. The van der Waals surface area contributed by atoms with Crippen LogP contribution in [0.3, 0.4) is 0 Å². The van der Waals surface area contributed by atoms with Crippen LogP contribution in [0.2, 0.25) is 0 Å². The number of nitrogens with zero attached hydrogens (tertiary/aromatic N) is 2. The zero-order valence-corrected chi connectivity index (χ0v) is 13.1. The van der Waals surface area contributed by atoms with Crippen molar-refractivity contribution in [3.8, 4) is 0 Å². The molecular weight excluding hydrogens is 320 g/mol. The molecule has 0 aliphatic heterocycles. The average Bonchev–Trinajstić information content (AvgIpc) is 2.56. The van der Waals surface area contributed by atoms with Gasteiger partial charge in [0.05, 0.1) is 12.4 Å². The largest absolute Gasteiger partial charge is 0.206 e. The van der Waals surface area contributed by atoms with Crippen LogP contribution in [0, 0.1) is 23.3 Å². The molecular formula is C18H16F4N2. The lowest BCUT2D eigenvalue weighted by atomic mass is 10.1. The molecule has 126 valence electrons. The van der Waals surface area contributed by atoms with E-state index in [-0.39, 0.29) is 11.1 Å². The predicted molar refractivity (Wildman–Crippen MR) is 86.5 cm³/mol. The lowest BCUT2D eigenvalue weighted by Gasteiger charge is -2.01. The summed E-state index contributed by atoms with van der Waals surface area (Å²) in [6, 6.07) is 6.44. The van der Waals surface area contributed by atoms with Gasteiger partial charge in [-0.2, -0.15) is 10.2 Å². The first-order valence-electron chi connectivity index (χ1n) is 7.50. The molecule has 24 heavy (non-hydrogen) atoms. The van der Waals surface area contributed by atoms with E-state index in [1.165, 1.54) is 12.3 Å². The molecule has 0 saturated heterocycles. The van der Waals surface area contributed by atoms with Crippen molar-refractivity contribution in [2.24, 2.45) is 10.2 Å². The minimum absolute atomic E-state index is 0.0129. The quantitative estimate of drug-likeness (QED) is 0.306. The van der Waals surface area contributed by atoms with Crippen LogP contribution >= 0.6 is 0 Å². The Morgan fingerprint density at radius 3 is 2.17 bits per heavy atom. The summed E-state index contributed by atoms with van der Waals surface area (Å²) in [4.78, 5) is 0. The first-order chi connectivity index (χ1) is 11.5. The Morgan fingerprint density at radius 2 is 1.54 bits per heavy atom. The second-order valence-electron chi connectivity index (χ2n) is 5.25. The van der Waals surface area contributed by atoms with Gasteiger partial charge < -0.3 is 0 Å². The van der Waals surface area contributed by atoms with Crippen LogP contribution < -0.4 is 0 Å². The third-order valence-electron chi connectivity index (χ3n) is 3.36. The number of aryl methyl sites for hydroxylation is 1. The van der Waals surface area contributed by atoms with Gasteiger partial charge in [-0.3, -0.25) is 0 Å². The molecule has 0 N–H and O–H groups in total. The number of hydrogen-bond acceptors (Lipinski definition) is 2. The van der Waals surface area contributed by atoms with Gasteiger partial charge in [-0.15, -0.1) is 0 Å². The Balaban J connectivity index is 2.06. The third kappa shape index (κ3) is 4.75. The van der Waals surface area contributed by atoms with Gasteiger partial charge in [0.25, 0.3) is 0 Å². The first-order valence-corrected chi connectivity index (χ1v) is 7.50. The second kappa shape index (κ2) is 8.38. The van der Waals surface area contributed by atoms with Crippen LogP contribution in [0.15, 0.2) is 40.5 Å². The SMILES string of the molecule is CCCCc1ccc(/C=N/N=C/c2cc(F)c(F)c(F)c2)c(F)c1. The van der Waals surface area contributed by atoms with E-state index in [0.717, 1.165) is 43.2 Å². The summed E-state index contributed by atoms with van der Waals surface area (Å²) in [5, 5.41) is 7.22. The maximum absolute atomic E-state index is 13.9. The Hall–Kier alpha value is -2.50. The van der Waals surface area contributed by atoms with Crippen molar-refractivity contribution >= 4 is 12.4 Å². The highest BCUT2D eigenvalue weighted by atomic mass is 19.2. The van der Waals surface area contributed by atoms with E-state index in [2.05, 4.69) is 17.1 Å². The Labute approximate surface area is 137 Å². The monoisotopic (exact) mass is 336 g/mol. The smallest absolute Gasteiger partial charge is 0.194 e. The normalized spacial score (nSPS) is 11.7. The third-order valence-corrected chi connectivity index (χ3v) is 3.36. The zero-order chi connectivity index (χ0) is 17.5. The average molecular weight is 336 g/mol. The van der Waals surface area contributed by atoms with E-state index in [1.54, 1.807) is 6.07 Å². The fourth-order valence-electron chi connectivity index (χ4n) is 2.06. The molecule has 0 aromatic heterocycles. The highest BCUT2D eigenvalue weighted by molar-refractivity contribution is 5.82. The van der Waals surface area contributed by atoms with Crippen molar-refractivity contribution in [3.63, 3.8) is 0 Å². The molecule has 0 heterocycles. The topological polar surface area (TPSA) is 24.7 Å². The van der Waals surface area contributed by atoms with Crippen LogP contribution in [0.25, 0.3) is 0 Å². The molecule has 2 nitrogen and oxygen atoms in total. The minimum atomic E-state index is -1.54. The first kappa shape index (κ1) is 17.8. The molecule has 0 aliphatic rings. The fourth-order valence-corrected chi connectivity index (χ4v) is 2.06.